The summed E-state index contributed by atoms with van der Waals surface area (Å²) in [6.45, 7) is 4.50. The van der Waals surface area contributed by atoms with E-state index in [0.29, 0.717) is 6.61 Å². The van der Waals surface area contributed by atoms with Crippen molar-refractivity contribution in [3.05, 3.63) is 27.3 Å². The number of carbonyl (C=O) groups is 1. The summed E-state index contributed by atoms with van der Waals surface area (Å²) in [5.41, 5.74) is 1.85. The highest BCUT2D eigenvalue weighted by molar-refractivity contribution is 14.1. The summed E-state index contributed by atoms with van der Waals surface area (Å²) in [4.78, 5) is 11.4. The molecule has 1 aromatic rings. The van der Waals surface area contributed by atoms with Gasteiger partial charge in [0.05, 0.1) is 6.61 Å². The van der Waals surface area contributed by atoms with Gasteiger partial charge < -0.3 is 4.74 Å². The largest absolute Gasteiger partial charge is 0.449 e. The molecule has 0 saturated heterocycles. The molecular formula is C12H16INO2. The van der Waals surface area contributed by atoms with E-state index in [1.807, 2.05) is 25.1 Å². The van der Waals surface area contributed by atoms with E-state index < -0.39 is 0 Å². The first-order chi connectivity index (χ1) is 7.63. The number of carbonyl (C=O) groups excluding carboxylic acids is 1. The van der Waals surface area contributed by atoms with Gasteiger partial charge in [-0.3, -0.25) is 5.32 Å². The first kappa shape index (κ1) is 13.3. The first-order valence-electron chi connectivity index (χ1n) is 5.33. The number of halogens is 1. The highest BCUT2D eigenvalue weighted by atomic mass is 127. The Hall–Kier alpha value is -0.780. The van der Waals surface area contributed by atoms with Crippen molar-refractivity contribution >= 4 is 34.4 Å². The normalized spacial score (nSPS) is 9.94. The van der Waals surface area contributed by atoms with Crippen molar-refractivity contribution in [2.75, 3.05) is 11.9 Å². The molecule has 1 rings (SSSR count). The maximum Gasteiger partial charge on any atom is 0.411 e. The summed E-state index contributed by atoms with van der Waals surface area (Å²) in [7, 11) is 0. The predicted octanol–water partition coefficient (Wildman–Crippen LogP) is 3.95. The number of aryl methyl sites for hydroxylation is 1. The molecule has 0 aliphatic heterocycles. The van der Waals surface area contributed by atoms with Crippen LogP contribution in [-0.4, -0.2) is 12.7 Å². The van der Waals surface area contributed by atoms with Gasteiger partial charge in [0.25, 0.3) is 0 Å². The van der Waals surface area contributed by atoms with Crippen molar-refractivity contribution in [2.45, 2.75) is 26.7 Å². The van der Waals surface area contributed by atoms with E-state index in [1.54, 1.807) is 0 Å². The Kier molecular flexibility index (Phi) is 5.59. The molecule has 0 aromatic heterocycles. The van der Waals surface area contributed by atoms with Gasteiger partial charge in [0.1, 0.15) is 0 Å². The second kappa shape index (κ2) is 6.73. The molecule has 0 atom stereocenters. The van der Waals surface area contributed by atoms with Crippen LogP contribution in [0.15, 0.2) is 18.2 Å². The van der Waals surface area contributed by atoms with Gasteiger partial charge >= 0.3 is 6.09 Å². The molecule has 0 fully saturated rings. The maximum absolute atomic E-state index is 11.4. The van der Waals surface area contributed by atoms with E-state index in [4.69, 9.17) is 4.74 Å². The number of benzene rings is 1. The maximum atomic E-state index is 11.4. The van der Waals surface area contributed by atoms with Crippen LogP contribution in [0.4, 0.5) is 10.5 Å². The number of nitrogens with one attached hydrogen (secondary N) is 1. The number of rotatable bonds is 4. The van der Waals surface area contributed by atoms with Crippen molar-refractivity contribution in [1.29, 1.82) is 0 Å². The van der Waals surface area contributed by atoms with Crippen LogP contribution < -0.4 is 5.32 Å². The summed E-state index contributed by atoms with van der Waals surface area (Å²) in [6.07, 6.45) is 1.55. The molecule has 0 aliphatic carbocycles. The minimum atomic E-state index is -0.377. The summed E-state index contributed by atoms with van der Waals surface area (Å²) in [5.74, 6) is 0. The van der Waals surface area contributed by atoms with E-state index >= 15 is 0 Å². The molecule has 0 radical (unpaired) electrons. The van der Waals surface area contributed by atoms with Crippen LogP contribution >= 0.6 is 22.6 Å². The number of ether oxygens (including phenoxy) is 1. The molecule has 1 N–H and O–H groups in total. The zero-order valence-corrected chi connectivity index (χ0v) is 11.7. The van der Waals surface area contributed by atoms with Gasteiger partial charge in [-0.05, 0) is 59.7 Å². The number of hydrogen-bond acceptors (Lipinski definition) is 2. The summed E-state index contributed by atoms with van der Waals surface area (Å²) >= 11 is 2.24. The standard InChI is InChI=1S/C12H16INO2/c1-3-4-7-16-12(15)14-11-6-5-10(13)8-9(11)2/h5-6,8H,3-4,7H2,1-2H3,(H,14,15). The Bertz CT molecular complexity index is 366. The minimum absolute atomic E-state index is 0.377. The van der Waals surface area contributed by atoms with Gasteiger partial charge in [0.15, 0.2) is 0 Å². The van der Waals surface area contributed by atoms with Crippen molar-refractivity contribution in [3.8, 4) is 0 Å². The van der Waals surface area contributed by atoms with Crippen LogP contribution in [-0.2, 0) is 4.74 Å². The lowest BCUT2D eigenvalue weighted by Gasteiger charge is -2.09. The van der Waals surface area contributed by atoms with Crippen LogP contribution in [0.25, 0.3) is 0 Å². The third-order valence-electron chi connectivity index (χ3n) is 2.16. The lowest BCUT2D eigenvalue weighted by atomic mass is 10.2. The Labute approximate surface area is 110 Å². The fourth-order valence-electron chi connectivity index (χ4n) is 1.22. The van der Waals surface area contributed by atoms with Gasteiger partial charge in [-0.25, -0.2) is 4.79 Å². The molecular weight excluding hydrogens is 317 g/mol. The van der Waals surface area contributed by atoms with Crippen LogP contribution in [0, 0.1) is 10.5 Å². The molecule has 0 spiro atoms. The molecule has 0 aliphatic rings. The second-order valence-corrected chi connectivity index (χ2v) is 4.82. The topological polar surface area (TPSA) is 38.3 Å². The van der Waals surface area contributed by atoms with Crippen molar-refractivity contribution in [3.63, 3.8) is 0 Å². The van der Waals surface area contributed by atoms with Gasteiger partial charge in [-0.2, -0.15) is 0 Å². The Morgan fingerprint density at radius 3 is 2.88 bits per heavy atom. The molecule has 1 amide bonds. The molecule has 16 heavy (non-hydrogen) atoms. The van der Waals surface area contributed by atoms with Crippen LogP contribution in [0.3, 0.4) is 0 Å². The first-order valence-corrected chi connectivity index (χ1v) is 6.41. The Balaban J connectivity index is 2.49. The zero-order valence-electron chi connectivity index (χ0n) is 9.55. The lowest BCUT2D eigenvalue weighted by molar-refractivity contribution is 0.160. The average Bonchev–Trinajstić information content (AvgIpc) is 2.23. The molecule has 1 aromatic carbocycles. The highest BCUT2D eigenvalue weighted by Crippen LogP contribution is 2.17. The fraction of sp³-hybridized carbons (Fsp3) is 0.417. The van der Waals surface area contributed by atoms with Gasteiger partial charge in [-0.15, -0.1) is 0 Å². The number of hydrogen-bond donors (Lipinski definition) is 1. The Morgan fingerprint density at radius 1 is 1.50 bits per heavy atom. The summed E-state index contributed by atoms with van der Waals surface area (Å²) in [5, 5.41) is 2.73. The van der Waals surface area contributed by atoms with E-state index in [-0.39, 0.29) is 6.09 Å². The Morgan fingerprint density at radius 2 is 2.25 bits per heavy atom. The highest BCUT2D eigenvalue weighted by Gasteiger charge is 2.05. The third-order valence-corrected chi connectivity index (χ3v) is 2.83. The molecule has 0 bridgehead atoms. The molecule has 88 valence electrons. The van der Waals surface area contributed by atoms with E-state index in [0.717, 1.165) is 27.7 Å². The molecule has 4 heteroatoms. The van der Waals surface area contributed by atoms with Crippen LogP contribution in [0.5, 0.6) is 0 Å². The number of unbranched alkanes of at least 4 members (excludes halogenated alkanes) is 1. The summed E-state index contributed by atoms with van der Waals surface area (Å²) < 4.78 is 6.17. The van der Waals surface area contributed by atoms with E-state index in [9.17, 15) is 4.79 Å². The zero-order chi connectivity index (χ0) is 12.0. The second-order valence-electron chi connectivity index (χ2n) is 3.57. The van der Waals surface area contributed by atoms with Crippen LogP contribution in [0.1, 0.15) is 25.3 Å². The van der Waals surface area contributed by atoms with E-state index in [1.165, 1.54) is 0 Å². The average molecular weight is 333 g/mol. The smallest absolute Gasteiger partial charge is 0.411 e. The van der Waals surface area contributed by atoms with Crippen LogP contribution in [0.2, 0.25) is 0 Å². The fourth-order valence-corrected chi connectivity index (χ4v) is 1.87. The molecule has 0 unspecified atom stereocenters. The molecule has 3 nitrogen and oxygen atoms in total. The van der Waals surface area contributed by atoms with Gasteiger partial charge in [0, 0.05) is 9.26 Å². The van der Waals surface area contributed by atoms with E-state index in [2.05, 4.69) is 34.8 Å². The summed E-state index contributed by atoms with van der Waals surface area (Å²) in [6, 6.07) is 5.86. The minimum Gasteiger partial charge on any atom is -0.449 e. The van der Waals surface area contributed by atoms with Crippen molar-refractivity contribution in [1.82, 2.24) is 0 Å². The lowest BCUT2D eigenvalue weighted by Crippen LogP contribution is -2.15. The van der Waals surface area contributed by atoms with Gasteiger partial charge in [-0.1, -0.05) is 13.3 Å². The van der Waals surface area contributed by atoms with Crippen molar-refractivity contribution < 1.29 is 9.53 Å². The quantitative estimate of drug-likeness (QED) is 0.669. The number of anilines is 1. The third kappa shape index (κ3) is 4.38. The predicted molar refractivity (Wildman–Crippen MR) is 73.8 cm³/mol. The SMILES string of the molecule is CCCCOC(=O)Nc1ccc(I)cc1C. The van der Waals surface area contributed by atoms with Crippen molar-refractivity contribution in [2.24, 2.45) is 0 Å². The molecule has 0 saturated carbocycles. The molecule has 0 heterocycles. The van der Waals surface area contributed by atoms with Gasteiger partial charge in [0.2, 0.25) is 0 Å². The monoisotopic (exact) mass is 333 g/mol. The number of amides is 1.